The fraction of sp³-hybridized carbons (Fsp3) is 0.385. The Morgan fingerprint density at radius 3 is 2.21 bits per heavy atom. The third-order valence-electron chi connectivity index (χ3n) is 2.81. The highest BCUT2D eigenvalue weighted by Gasteiger charge is 2.11. The minimum atomic E-state index is 1.02. The molecule has 0 atom stereocenters. The second kappa shape index (κ2) is 3.58. The van der Waals surface area contributed by atoms with E-state index in [-0.39, 0.29) is 0 Å². The molecule has 1 heteroatoms. The van der Waals surface area contributed by atoms with E-state index >= 15 is 0 Å². The number of benzene rings is 1. The minimum absolute atomic E-state index is 1.02. The van der Waals surface area contributed by atoms with E-state index in [1.54, 1.807) is 0 Å². The van der Waals surface area contributed by atoms with Gasteiger partial charge in [0.1, 0.15) is 0 Å². The lowest BCUT2D eigenvalue weighted by molar-refractivity contribution is 0.896. The lowest BCUT2D eigenvalue weighted by Crippen LogP contribution is -2.08. The van der Waals surface area contributed by atoms with Gasteiger partial charge in [-0.1, -0.05) is 23.8 Å². The first-order chi connectivity index (χ1) is 6.68. The predicted octanol–water partition coefficient (Wildman–Crippen LogP) is 2.60. The molecule has 0 saturated carbocycles. The van der Waals surface area contributed by atoms with Crippen molar-refractivity contribution in [3.63, 3.8) is 0 Å². The molecule has 0 unspecified atom stereocenters. The van der Waals surface area contributed by atoms with Crippen LogP contribution in [0.15, 0.2) is 18.2 Å². The van der Waals surface area contributed by atoms with E-state index in [4.69, 9.17) is 0 Å². The average molecular weight is 187 g/mol. The third kappa shape index (κ3) is 1.60. The van der Waals surface area contributed by atoms with Crippen molar-refractivity contribution in [2.75, 3.05) is 13.1 Å². The summed E-state index contributed by atoms with van der Waals surface area (Å²) < 4.78 is 0. The lowest BCUT2D eigenvalue weighted by atomic mass is 9.94. The zero-order valence-electron chi connectivity index (χ0n) is 9.15. The van der Waals surface area contributed by atoms with Gasteiger partial charge in [0.05, 0.1) is 0 Å². The quantitative estimate of drug-likeness (QED) is 0.712. The predicted molar refractivity (Wildman–Crippen MR) is 61.5 cm³/mol. The molecule has 1 aromatic carbocycles. The van der Waals surface area contributed by atoms with Crippen molar-refractivity contribution < 1.29 is 0 Å². The Bertz CT molecular complexity index is 365. The summed E-state index contributed by atoms with van der Waals surface area (Å²) in [6.07, 6.45) is 2.30. The Labute approximate surface area is 85.8 Å². The summed E-state index contributed by atoms with van der Waals surface area (Å²) in [6.45, 7) is 8.60. The van der Waals surface area contributed by atoms with Crippen molar-refractivity contribution >= 4 is 5.57 Å². The number of nitrogens with one attached hydrogen (secondary N) is 1. The fourth-order valence-corrected chi connectivity index (χ4v) is 2.35. The number of hydrogen-bond donors (Lipinski definition) is 1. The number of rotatable bonds is 1. The highest BCUT2D eigenvalue weighted by Crippen LogP contribution is 2.25. The molecule has 1 aromatic rings. The molecule has 1 heterocycles. The molecule has 0 aromatic heterocycles. The Hall–Kier alpha value is -1.08. The Kier molecular flexibility index (Phi) is 2.42. The van der Waals surface area contributed by atoms with Gasteiger partial charge >= 0.3 is 0 Å². The van der Waals surface area contributed by atoms with E-state index in [2.05, 4.69) is 44.3 Å². The minimum Gasteiger partial charge on any atom is -0.309 e. The van der Waals surface area contributed by atoms with Gasteiger partial charge in [-0.2, -0.15) is 0 Å². The van der Waals surface area contributed by atoms with Gasteiger partial charge in [-0.15, -0.1) is 0 Å². The molecular formula is C13H17N. The van der Waals surface area contributed by atoms with E-state index in [1.807, 2.05) is 0 Å². The summed E-state index contributed by atoms with van der Waals surface area (Å²) in [5.41, 5.74) is 7.06. The van der Waals surface area contributed by atoms with E-state index in [9.17, 15) is 0 Å². The standard InChI is InChI=1S/C13H17N/c1-9-6-10(2)13(11(3)7-9)12-4-5-14-8-12/h4,6-7,14H,5,8H2,1-3H3. The van der Waals surface area contributed by atoms with Crippen molar-refractivity contribution in [2.24, 2.45) is 0 Å². The van der Waals surface area contributed by atoms with Crippen LogP contribution < -0.4 is 5.32 Å². The summed E-state index contributed by atoms with van der Waals surface area (Å²) >= 11 is 0. The molecule has 14 heavy (non-hydrogen) atoms. The molecular weight excluding hydrogens is 170 g/mol. The molecule has 1 nitrogen and oxygen atoms in total. The highest BCUT2D eigenvalue weighted by atomic mass is 14.9. The van der Waals surface area contributed by atoms with Gasteiger partial charge < -0.3 is 5.32 Å². The van der Waals surface area contributed by atoms with Crippen LogP contribution in [0.5, 0.6) is 0 Å². The Balaban J connectivity index is 2.52. The number of hydrogen-bond acceptors (Lipinski definition) is 1. The molecule has 0 aliphatic carbocycles. The van der Waals surface area contributed by atoms with Crippen LogP contribution in [0.4, 0.5) is 0 Å². The largest absolute Gasteiger partial charge is 0.309 e. The van der Waals surface area contributed by atoms with E-state index in [0.29, 0.717) is 0 Å². The summed E-state index contributed by atoms with van der Waals surface area (Å²) in [6, 6.07) is 4.53. The van der Waals surface area contributed by atoms with Crippen LogP contribution in [0, 0.1) is 20.8 Å². The van der Waals surface area contributed by atoms with Gasteiger partial charge in [-0.05, 0) is 43.0 Å². The van der Waals surface area contributed by atoms with Gasteiger partial charge in [0, 0.05) is 13.1 Å². The molecule has 0 bridgehead atoms. The second-order valence-electron chi connectivity index (χ2n) is 4.13. The third-order valence-corrected chi connectivity index (χ3v) is 2.81. The number of aryl methyl sites for hydroxylation is 3. The maximum Gasteiger partial charge on any atom is 0.0211 e. The van der Waals surface area contributed by atoms with Crippen LogP contribution in [0.25, 0.3) is 5.57 Å². The first-order valence-corrected chi connectivity index (χ1v) is 5.16. The SMILES string of the molecule is Cc1cc(C)c(C2=CCNC2)c(C)c1. The molecule has 0 radical (unpaired) electrons. The first-order valence-electron chi connectivity index (χ1n) is 5.16. The topological polar surface area (TPSA) is 12.0 Å². The summed E-state index contributed by atoms with van der Waals surface area (Å²) in [4.78, 5) is 0. The molecule has 0 spiro atoms. The van der Waals surface area contributed by atoms with Crippen LogP contribution in [-0.4, -0.2) is 13.1 Å². The van der Waals surface area contributed by atoms with Crippen molar-refractivity contribution in [3.05, 3.63) is 40.5 Å². The van der Waals surface area contributed by atoms with Crippen molar-refractivity contribution in [3.8, 4) is 0 Å². The summed E-state index contributed by atoms with van der Waals surface area (Å²) in [7, 11) is 0. The van der Waals surface area contributed by atoms with Crippen LogP contribution in [0.2, 0.25) is 0 Å². The van der Waals surface area contributed by atoms with Crippen molar-refractivity contribution in [1.29, 1.82) is 0 Å². The van der Waals surface area contributed by atoms with Gasteiger partial charge in [-0.25, -0.2) is 0 Å². The van der Waals surface area contributed by atoms with E-state index in [1.165, 1.54) is 27.8 Å². The molecule has 0 saturated heterocycles. The molecule has 1 N–H and O–H groups in total. The second-order valence-corrected chi connectivity index (χ2v) is 4.13. The molecule has 74 valence electrons. The molecule has 0 fully saturated rings. The Morgan fingerprint density at radius 2 is 1.71 bits per heavy atom. The van der Waals surface area contributed by atoms with Crippen molar-refractivity contribution in [1.82, 2.24) is 5.32 Å². The average Bonchev–Trinajstić information content (AvgIpc) is 2.54. The monoisotopic (exact) mass is 187 g/mol. The normalized spacial score (nSPS) is 15.8. The summed E-state index contributed by atoms with van der Waals surface area (Å²) in [5.74, 6) is 0. The molecule has 2 rings (SSSR count). The van der Waals surface area contributed by atoms with E-state index < -0.39 is 0 Å². The van der Waals surface area contributed by atoms with Gasteiger partial charge in [-0.3, -0.25) is 0 Å². The van der Waals surface area contributed by atoms with E-state index in [0.717, 1.165) is 13.1 Å². The lowest BCUT2D eigenvalue weighted by Gasteiger charge is -2.11. The molecule has 0 amide bonds. The van der Waals surface area contributed by atoms with Crippen molar-refractivity contribution in [2.45, 2.75) is 20.8 Å². The zero-order valence-corrected chi connectivity index (χ0v) is 9.15. The maximum atomic E-state index is 3.35. The Morgan fingerprint density at radius 1 is 1.07 bits per heavy atom. The van der Waals surface area contributed by atoms with Crippen LogP contribution >= 0.6 is 0 Å². The van der Waals surface area contributed by atoms with Gasteiger partial charge in [0.25, 0.3) is 0 Å². The van der Waals surface area contributed by atoms with Gasteiger partial charge in [0.15, 0.2) is 0 Å². The van der Waals surface area contributed by atoms with Crippen LogP contribution in [0.1, 0.15) is 22.3 Å². The zero-order chi connectivity index (χ0) is 10.1. The highest BCUT2D eigenvalue weighted by molar-refractivity contribution is 5.73. The smallest absolute Gasteiger partial charge is 0.0211 e. The molecule has 1 aliphatic heterocycles. The first kappa shape index (κ1) is 9.47. The fourth-order valence-electron chi connectivity index (χ4n) is 2.35. The maximum absolute atomic E-state index is 3.35. The molecule has 1 aliphatic rings. The van der Waals surface area contributed by atoms with Gasteiger partial charge in [0.2, 0.25) is 0 Å². The van der Waals surface area contributed by atoms with Crippen LogP contribution in [0.3, 0.4) is 0 Å². The summed E-state index contributed by atoms with van der Waals surface area (Å²) in [5, 5.41) is 3.35. The van der Waals surface area contributed by atoms with Crippen LogP contribution in [-0.2, 0) is 0 Å².